The molecule has 0 bridgehead atoms. The van der Waals surface area contributed by atoms with Crippen LogP contribution in [0.2, 0.25) is 0 Å². The first-order valence-corrected chi connectivity index (χ1v) is 6.77. The molecule has 0 saturated heterocycles. The van der Waals surface area contributed by atoms with Crippen LogP contribution in [0.1, 0.15) is 8.35 Å². The molecule has 0 amide bonds. The molecule has 0 aromatic heterocycles. The summed E-state index contributed by atoms with van der Waals surface area (Å²) in [5.41, 5.74) is 0. The van der Waals surface area contributed by atoms with Gasteiger partial charge in [0, 0.05) is 4.90 Å². The van der Waals surface area contributed by atoms with Crippen LogP contribution in [0.4, 0.5) is 0 Å². The van der Waals surface area contributed by atoms with Crippen LogP contribution in [0.15, 0.2) is 34.1 Å². The molecule has 0 unspecified atom stereocenters. The number of rotatable bonds is 4. The first-order chi connectivity index (χ1) is 6.61. The van der Waals surface area contributed by atoms with Crippen molar-refractivity contribution in [1.82, 2.24) is 0 Å². The van der Waals surface area contributed by atoms with Gasteiger partial charge < -0.3 is 1.43 Å². The Morgan fingerprint density at radius 1 is 1.40 bits per heavy atom. The summed E-state index contributed by atoms with van der Waals surface area (Å²) in [6.45, 7) is 1.81. The summed E-state index contributed by atoms with van der Waals surface area (Å²) in [5.74, 6) is 0. The zero-order chi connectivity index (χ0) is 10.6. The second-order valence-electron chi connectivity index (χ2n) is 2.51. The van der Waals surface area contributed by atoms with Crippen LogP contribution >= 0.6 is 11.8 Å². The number of benzene rings is 1. The van der Waals surface area contributed by atoms with Gasteiger partial charge in [-0.3, -0.25) is 4.18 Å². The minimum absolute atomic E-state index is 0. The quantitative estimate of drug-likeness (QED) is 0.404. The molecule has 0 aliphatic carbocycles. The van der Waals surface area contributed by atoms with Crippen LogP contribution in [0.5, 0.6) is 0 Å². The Labute approximate surface area is 118 Å². The molecule has 0 radical (unpaired) electrons. The molecular formula is C9H13NaO3S2. The largest absolute Gasteiger partial charge is 1.00 e. The van der Waals surface area contributed by atoms with Gasteiger partial charge in [0.05, 0.1) is 6.61 Å². The van der Waals surface area contributed by atoms with Gasteiger partial charge in [0.2, 0.25) is 0 Å². The standard InChI is InChI=1S/C9H12O3S2.Na.H/c1-3-12-14(10,11)9-7-5-4-6-8(9)13-2;;/h4-7H,3H2,1-2H3;;/q;+1;-1. The smallest absolute Gasteiger partial charge is 1.00 e. The van der Waals surface area contributed by atoms with Gasteiger partial charge in [-0.1, -0.05) is 12.1 Å². The molecule has 80 valence electrons. The molecule has 0 aliphatic heterocycles. The van der Waals surface area contributed by atoms with E-state index in [1.54, 1.807) is 31.2 Å². The fraction of sp³-hybridized carbons (Fsp3) is 0.333. The van der Waals surface area contributed by atoms with E-state index in [0.717, 1.165) is 0 Å². The van der Waals surface area contributed by atoms with Crippen LogP contribution < -0.4 is 29.6 Å². The summed E-state index contributed by atoms with van der Waals surface area (Å²) in [6, 6.07) is 6.80. The van der Waals surface area contributed by atoms with E-state index in [2.05, 4.69) is 0 Å². The molecule has 3 nitrogen and oxygen atoms in total. The van der Waals surface area contributed by atoms with Crippen molar-refractivity contribution in [2.45, 2.75) is 16.7 Å². The Bertz CT molecular complexity index is 409. The zero-order valence-corrected chi connectivity index (χ0v) is 12.7. The van der Waals surface area contributed by atoms with E-state index in [1.807, 2.05) is 6.26 Å². The van der Waals surface area contributed by atoms with Gasteiger partial charge >= 0.3 is 29.6 Å². The van der Waals surface area contributed by atoms with Crippen molar-refractivity contribution in [2.24, 2.45) is 0 Å². The molecule has 0 saturated carbocycles. The molecule has 0 fully saturated rings. The zero-order valence-electron chi connectivity index (χ0n) is 10.1. The summed E-state index contributed by atoms with van der Waals surface area (Å²) >= 11 is 1.39. The predicted molar refractivity (Wildman–Crippen MR) is 58.1 cm³/mol. The van der Waals surface area contributed by atoms with Crippen molar-refractivity contribution < 1.29 is 43.6 Å². The van der Waals surface area contributed by atoms with Gasteiger partial charge in [-0.05, 0) is 25.3 Å². The Morgan fingerprint density at radius 3 is 2.53 bits per heavy atom. The van der Waals surface area contributed by atoms with Gasteiger partial charge in [0.25, 0.3) is 10.1 Å². The van der Waals surface area contributed by atoms with Crippen LogP contribution in [0, 0.1) is 0 Å². The second kappa shape index (κ2) is 6.93. The van der Waals surface area contributed by atoms with E-state index in [0.29, 0.717) is 4.90 Å². The van der Waals surface area contributed by atoms with E-state index in [1.165, 1.54) is 11.8 Å². The first kappa shape index (κ1) is 15.5. The van der Waals surface area contributed by atoms with E-state index in [4.69, 9.17) is 4.18 Å². The predicted octanol–water partition coefficient (Wildman–Crippen LogP) is -0.750. The third-order valence-electron chi connectivity index (χ3n) is 1.61. The fourth-order valence-electron chi connectivity index (χ4n) is 1.04. The molecule has 0 atom stereocenters. The van der Waals surface area contributed by atoms with Gasteiger partial charge in [-0.25, -0.2) is 0 Å². The van der Waals surface area contributed by atoms with Crippen LogP contribution in [-0.2, 0) is 14.3 Å². The third kappa shape index (κ3) is 4.09. The molecule has 0 heterocycles. The Hall–Kier alpha value is 0.480. The molecule has 0 N–H and O–H groups in total. The normalized spacial score (nSPS) is 10.8. The second-order valence-corrected chi connectivity index (χ2v) is 4.94. The van der Waals surface area contributed by atoms with Gasteiger partial charge in [-0.2, -0.15) is 8.42 Å². The van der Waals surface area contributed by atoms with Crippen LogP contribution in [0.3, 0.4) is 0 Å². The van der Waals surface area contributed by atoms with E-state index < -0.39 is 10.1 Å². The summed E-state index contributed by atoms with van der Waals surface area (Å²) in [6.07, 6.45) is 1.83. The summed E-state index contributed by atoms with van der Waals surface area (Å²) < 4.78 is 27.9. The summed E-state index contributed by atoms with van der Waals surface area (Å²) in [5, 5.41) is 0. The van der Waals surface area contributed by atoms with Crippen LogP contribution in [0.25, 0.3) is 0 Å². The average molecular weight is 256 g/mol. The minimum Gasteiger partial charge on any atom is -1.00 e. The van der Waals surface area contributed by atoms with E-state index >= 15 is 0 Å². The Kier molecular flexibility index (Phi) is 7.16. The Morgan fingerprint density at radius 2 is 2.00 bits per heavy atom. The maximum absolute atomic E-state index is 11.6. The number of thioether (sulfide) groups is 1. The molecule has 0 aliphatic rings. The fourth-order valence-corrected chi connectivity index (χ4v) is 3.08. The molecular weight excluding hydrogens is 243 g/mol. The van der Waals surface area contributed by atoms with Crippen molar-refractivity contribution in [1.29, 1.82) is 0 Å². The van der Waals surface area contributed by atoms with E-state index in [-0.39, 0.29) is 42.5 Å². The van der Waals surface area contributed by atoms with Gasteiger partial charge in [-0.15, -0.1) is 11.8 Å². The SMILES string of the molecule is CCOS(=O)(=O)c1ccccc1SC.[H-].[Na+]. The molecule has 1 rings (SSSR count). The number of hydrogen-bond donors (Lipinski definition) is 0. The monoisotopic (exact) mass is 256 g/mol. The minimum atomic E-state index is -3.57. The van der Waals surface area contributed by atoms with Crippen molar-refractivity contribution in [3.05, 3.63) is 24.3 Å². The summed E-state index contributed by atoms with van der Waals surface area (Å²) in [4.78, 5) is 0.954. The topological polar surface area (TPSA) is 43.4 Å². The molecule has 1 aromatic rings. The van der Waals surface area contributed by atoms with Crippen molar-refractivity contribution in [3.8, 4) is 0 Å². The number of hydrogen-bond acceptors (Lipinski definition) is 4. The van der Waals surface area contributed by atoms with E-state index in [9.17, 15) is 8.42 Å². The first-order valence-electron chi connectivity index (χ1n) is 4.14. The summed E-state index contributed by atoms with van der Waals surface area (Å²) in [7, 11) is -3.57. The van der Waals surface area contributed by atoms with Crippen LogP contribution in [-0.4, -0.2) is 21.3 Å². The third-order valence-corrected chi connectivity index (χ3v) is 3.98. The van der Waals surface area contributed by atoms with Crippen molar-refractivity contribution in [2.75, 3.05) is 12.9 Å². The van der Waals surface area contributed by atoms with Gasteiger partial charge in [0.1, 0.15) is 4.90 Å². The average Bonchev–Trinajstić information content (AvgIpc) is 2.18. The molecule has 0 spiro atoms. The van der Waals surface area contributed by atoms with Gasteiger partial charge in [0.15, 0.2) is 0 Å². The van der Waals surface area contributed by atoms with Crippen molar-refractivity contribution >= 4 is 21.9 Å². The maximum Gasteiger partial charge on any atom is 1.00 e. The van der Waals surface area contributed by atoms with Crippen molar-refractivity contribution in [3.63, 3.8) is 0 Å². The Balaban J connectivity index is 0. The molecule has 6 heteroatoms. The molecule has 1 aromatic carbocycles. The molecule has 15 heavy (non-hydrogen) atoms. The maximum atomic E-state index is 11.6.